The Kier molecular flexibility index (Phi) is 5.43. The van der Waals surface area contributed by atoms with Crippen molar-refractivity contribution in [2.24, 2.45) is 0 Å². The summed E-state index contributed by atoms with van der Waals surface area (Å²) in [6.07, 6.45) is -0.127. The van der Waals surface area contributed by atoms with Crippen LogP contribution in [0.4, 0.5) is 20.2 Å². The van der Waals surface area contributed by atoms with Gasteiger partial charge in [-0.3, -0.25) is 14.2 Å². The predicted octanol–water partition coefficient (Wildman–Crippen LogP) is 4.28. The van der Waals surface area contributed by atoms with E-state index in [0.717, 1.165) is 23.5 Å². The average molecular weight is 467 g/mol. The van der Waals surface area contributed by atoms with Crippen LogP contribution < -0.4 is 10.9 Å². The molecule has 1 aliphatic heterocycles. The molecule has 6 nitrogen and oxygen atoms in total. The Bertz CT molecular complexity index is 1420. The lowest BCUT2D eigenvalue weighted by atomic mass is 10.2. The number of likely N-dealkylation sites (tertiary alicyclic amines) is 1. The van der Waals surface area contributed by atoms with Gasteiger partial charge in [-0.1, -0.05) is 18.2 Å². The number of hydrogen-bond acceptors (Lipinski definition) is 5. The lowest BCUT2D eigenvalue weighted by Crippen LogP contribution is -2.29. The van der Waals surface area contributed by atoms with Gasteiger partial charge in [-0.2, -0.15) is 0 Å². The zero-order valence-corrected chi connectivity index (χ0v) is 18.1. The normalized spacial score (nSPS) is 15.8. The molecule has 2 aromatic heterocycles. The first-order chi connectivity index (χ1) is 15.9. The van der Waals surface area contributed by atoms with E-state index in [4.69, 9.17) is 0 Å². The molecule has 0 saturated carbocycles. The Morgan fingerprint density at radius 3 is 2.58 bits per heavy atom. The van der Waals surface area contributed by atoms with Gasteiger partial charge in [0.05, 0.1) is 23.2 Å². The summed E-state index contributed by atoms with van der Waals surface area (Å²) in [6, 6.07) is 15.1. The van der Waals surface area contributed by atoms with Crippen molar-refractivity contribution in [1.29, 1.82) is 0 Å². The number of nitrogens with zero attached hydrogens (tertiary/aromatic N) is 2. The average Bonchev–Trinajstić information content (AvgIpc) is 3.39. The van der Waals surface area contributed by atoms with Crippen LogP contribution in [0.5, 0.6) is 0 Å². The van der Waals surface area contributed by atoms with Gasteiger partial charge in [0, 0.05) is 30.6 Å². The molecule has 168 valence electrons. The Balaban J connectivity index is 1.72. The smallest absolute Gasteiger partial charge is 0.266 e. The number of pyridine rings is 1. The fourth-order valence-electron chi connectivity index (χ4n) is 3.97. The lowest BCUT2D eigenvalue weighted by Gasteiger charge is -2.16. The second kappa shape index (κ2) is 8.42. The maximum Gasteiger partial charge on any atom is 0.266 e. The predicted molar refractivity (Wildman–Crippen MR) is 124 cm³/mol. The number of carbonyl (C=O) groups is 1. The highest BCUT2D eigenvalue weighted by Gasteiger charge is 2.30. The van der Waals surface area contributed by atoms with Crippen LogP contribution in [0, 0.1) is 11.6 Å². The number of β-amino-alcohol motifs (C(OH)–C–C–N with tert-alkyl or cyclic N) is 1. The number of halogens is 2. The monoisotopic (exact) mass is 467 g/mol. The number of benzene rings is 2. The standard InChI is InChI=1S/C24H19F2N3O3S/c25-14-6-8-19(18(26)12-14)27-21-17-7-9-20(31)29(15-4-2-1-3-5-15)24(17)33-22(21)23(32)28-11-10-16(30)13-28/h1-9,12,16,27,30H,10-11,13H2/t16-/m0/s1. The summed E-state index contributed by atoms with van der Waals surface area (Å²) in [7, 11) is 0. The molecule has 0 bridgehead atoms. The van der Waals surface area contributed by atoms with Crippen molar-refractivity contribution in [3.05, 3.63) is 87.5 Å². The molecule has 1 aliphatic rings. The van der Waals surface area contributed by atoms with Crippen LogP contribution in [0.25, 0.3) is 15.9 Å². The van der Waals surface area contributed by atoms with Crippen LogP contribution in [-0.4, -0.2) is 39.7 Å². The van der Waals surface area contributed by atoms with Gasteiger partial charge in [-0.25, -0.2) is 8.78 Å². The fourth-order valence-corrected chi connectivity index (χ4v) is 5.21. The maximum absolute atomic E-state index is 14.5. The van der Waals surface area contributed by atoms with Crippen molar-refractivity contribution >= 4 is 38.8 Å². The molecule has 0 spiro atoms. The highest BCUT2D eigenvalue weighted by molar-refractivity contribution is 7.21. The third-order valence-corrected chi connectivity index (χ3v) is 6.77. The van der Waals surface area contributed by atoms with Gasteiger partial charge in [-0.15, -0.1) is 11.3 Å². The molecule has 4 aromatic rings. The van der Waals surface area contributed by atoms with E-state index < -0.39 is 17.7 Å². The van der Waals surface area contributed by atoms with Crippen molar-refractivity contribution in [3.8, 4) is 5.69 Å². The molecule has 0 aliphatic carbocycles. The molecule has 2 N–H and O–H groups in total. The molecule has 1 amide bonds. The number of hydrogen-bond donors (Lipinski definition) is 2. The Hall–Kier alpha value is -3.56. The molecule has 1 fully saturated rings. The van der Waals surface area contributed by atoms with E-state index >= 15 is 0 Å². The number of aliphatic hydroxyl groups is 1. The molecule has 2 aromatic carbocycles. The molecule has 1 saturated heterocycles. The van der Waals surface area contributed by atoms with Gasteiger partial charge >= 0.3 is 0 Å². The van der Waals surface area contributed by atoms with Gasteiger partial charge in [-0.05, 0) is 36.8 Å². The zero-order valence-electron chi connectivity index (χ0n) is 17.3. The molecule has 3 heterocycles. The van der Waals surface area contributed by atoms with Gasteiger partial charge in [0.25, 0.3) is 11.5 Å². The number of anilines is 2. The number of fused-ring (bicyclic) bond motifs is 1. The Morgan fingerprint density at radius 1 is 1.09 bits per heavy atom. The number of amides is 1. The maximum atomic E-state index is 14.5. The van der Waals surface area contributed by atoms with Crippen molar-refractivity contribution in [2.45, 2.75) is 12.5 Å². The number of nitrogens with one attached hydrogen (secondary N) is 1. The summed E-state index contributed by atoms with van der Waals surface area (Å²) in [6.45, 7) is 0.590. The van der Waals surface area contributed by atoms with Crippen LogP contribution in [0.15, 0.2) is 65.5 Å². The van der Waals surface area contributed by atoms with Crippen LogP contribution in [0.2, 0.25) is 0 Å². The summed E-state index contributed by atoms with van der Waals surface area (Å²) in [5, 5.41) is 13.4. The minimum Gasteiger partial charge on any atom is -0.391 e. The summed E-state index contributed by atoms with van der Waals surface area (Å²) in [4.78, 5) is 28.5. The first-order valence-corrected chi connectivity index (χ1v) is 11.2. The van der Waals surface area contributed by atoms with Crippen LogP contribution in [-0.2, 0) is 0 Å². The van der Waals surface area contributed by atoms with Crippen LogP contribution >= 0.6 is 11.3 Å². The van der Waals surface area contributed by atoms with E-state index in [-0.39, 0.29) is 28.6 Å². The molecule has 9 heteroatoms. The van der Waals surface area contributed by atoms with Crippen molar-refractivity contribution < 1.29 is 18.7 Å². The molecule has 0 radical (unpaired) electrons. The highest BCUT2D eigenvalue weighted by atomic mass is 32.1. The van der Waals surface area contributed by atoms with Gasteiger partial charge in [0.15, 0.2) is 0 Å². The van der Waals surface area contributed by atoms with Gasteiger partial charge < -0.3 is 15.3 Å². The van der Waals surface area contributed by atoms with Crippen molar-refractivity contribution in [2.75, 3.05) is 18.4 Å². The summed E-state index contributed by atoms with van der Waals surface area (Å²) >= 11 is 1.12. The second-order valence-electron chi connectivity index (χ2n) is 7.81. The second-order valence-corrected chi connectivity index (χ2v) is 8.81. The number of aromatic nitrogens is 1. The van der Waals surface area contributed by atoms with Crippen molar-refractivity contribution in [1.82, 2.24) is 9.47 Å². The third kappa shape index (κ3) is 3.90. The number of thiophene rings is 1. The summed E-state index contributed by atoms with van der Waals surface area (Å²) in [5.41, 5.74) is 0.690. The van der Waals surface area contributed by atoms with Crippen LogP contribution in [0.1, 0.15) is 16.1 Å². The van der Waals surface area contributed by atoms with Gasteiger partial charge in [0.2, 0.25) is 0 Å². The van der Waals surface area contributed by atoms with Crippen molar-refractivity contribution in [3.63, 3.8) is 0 Å². The van der Waals surface area contributed by atoms with E-state index in [1.807, 2.05) is 6.07 Å². The number of para-hydroxylation sites is 1. The molecular formula is C24H19F2N3O3S. The molecule has 5 rings (SSSR count). The minimum absolute atomic E-state index is 0.00377. The highest BCUT2D eigenvalue weighted by Crippen LogP contribution is 2.39. The number of carbonyl (C=O) groups excluding carboxylic acids is 1. The first-order valence-electron chi connectivity index (χ1n) is 10.4. The lowest BCUT2D eigenvalue weighted by molar-refractivity contribution is 0.0770. The molecule has 33 heavy (non-hydrogen) atoms. The third-order valence-electron chi connectivity index (χ3n) is 5.59. The summed E-state index contributed by atoms with van der Waals surface area (Å²) in [5.74, 6) is -1.85. The first kappa shape index (κ1) is 21.3. The number of aliphatic hydroxyl groups excluding tert-OH is 1. The van der Waals surface area contributed by atoms with E-state index in [1.54, 1.807) is 30.3 Å². The van der Waals surface area contributed by atoms with Crippen LogP contribution in [0.3, 0.4) is 0 Å². The summed E-state index contributed by atoms with van der Waals surface area (Å²) < 4.78 is 29.4. The van der Waals surface area contributed by atoms with E-state index in [2.05, 4.69) is 5.32 Å². The quantitative estimate of drug-likeness (QED) is 0.470. The number of rotatable bonds is 4. The van der Waals surface area contributed by atoms with Gasteiger partial charge in [0.1, 0.15) is 21.3 Å². The van der Waals surface area contributed by atoms with E-state index in [0.29, 0.717) is 34.6 Å². The van der Waals surface area contributed by atoms with E-state index in [1.165, 1.54) is 21.6 Å². The zero-order chi connectivity index (χ0) is 23.1. The Labute approximate surface area is 191 Å². The van der Waals surface area contributed by atoms with E-state index in [9.17, 15) is 23.5 Å². The topological polar surface area (TPSA) is 74.6 Å². The SMILES string of the molecule is O=C(c1sc2c(ccc(=O)n2-c2ccccc2)c1Nc1ccc(F)cc1F)N1CC[C@H](O)C1. The molecule has 1 atom stereocenters. The minimum atomic E-state index is -0.805. The fraction of sp³-hybridized carbons (Fsp3) is 0.167. The Morgan fingerprint density at radius 2 is 1.88 bits per heavy atom. The largest absolute Gasteiger partial charge is 0.391 e. The molecule has 0 unspecified atom stereocenters. The molecular weight excluding hydrogens is 448 g/mol.